The van der Waals surface area contributed by atoms with E-state index in [-0.39, 0.29) is 5.41 Å². The maximum atomic E-state index is 6.32. The first-order chi connectivity index (χ1) is 22.2. The molecule has 270 valence electrons. The SMILES string of the molecule is C=CCOCC(COCCCCCCCCCCC)(COCCCCCCCCCCC)COCCCCCCCCCCC. The Hall–Kier alpha value is -0.420. The maximum Gasteiger partial charge on any atom is 0.0645 e. The second-order valence-corrected chi connectivity index (χ2v) is 13.9. The lowest BCUT2D eigenvalue weighted by Gasteiger charge is -2.33. The van der Waals surface area contributed by atoms with Gasteiger partial charge in [0.2, 0.25) is 0 Å². The predicted octanol–water partition coefficient (Wildman–Crippen LogP) is 12.8. The van der Waals surface area contributed by atoms with Crippen LogP contribution >= 0.6 is 0 Å². The molecule has 0 aliphatic heterocycles. The van der Waals surface area contributed by atoms with E-state index in [0.717, 1.165) is 39.1 Å². The third kappa shape index (κ3) is 33.3. The van der Waals surface area contributed by atoms with Crippen LogP contribution in [-0.2, 0) is 18.9 Å². The van der Waals surface area contributed by atoms with Gasteiger partial charge < -0.3 is 18.9 Å². The molecule has 0 spiro atoms. The first-order valence-corrected chi connectivity index (χ1v) is 20.2. The van der Waals surface area contributed by atoms with Crippen molar-refractivity contribution in [1.82, 2.24) is 0 Å². The minimum absolute atomic E-state index is 0.263. The Balaban J connectivity index is 4.57. The summed E-state index contributed by atoms with van der Waals surface area (Å²) in [5, 5.41) is 0. The van der Waals surface area contributed by atoms with Crippen LogP contribution in [0.1, 0.15) is 194 Å². The van der Waals surface area contributed by atoms with Gasteiger partial charge in [0.05, 0.1) is 38.4 Å². The lowest BCUT2D eigenvalue weighted by Crippen LogP contribution is -2.42. The van der Waals surface area contributed by atoms with Gasteiger partial charge in [-0.15, -0.1) is 6.58 Å². The summed E-state index contributed by atoms with van der Waals surface area (Å²) in [6.45, 7) is 16.2. The molecule has 0 atom stereocenters. The van der Waals surface area contributed by atoms with Crippen molar-refractivity contribution in [2.75, 3.05) is 52.9 Å². The van der Waals surface area contributed by atoms with Crippen molar-refractivity contribution in [1.29, 1.82) is 0 Å². The van der Waals surface area contributed by atoms with Crippen molar-refractivity contribution in [3.63, 3.8) is 0 Å². The molecule has 0 fully saturated rings. The average Bonchev–Trinajstić information content (AvgIpc) is 3.05. The molecule has 0 saturated carbocycles. The van der Waals surface area contributed by atoms with Gasteiger partial charge in [-0.3, -0.25) is 0 Å². The Labute approximate surface area is 283 Å². The number of ether oxygens (including phenoxy) is 4. The zero-order valence-electron chi connectivity index (χ0n) is 31.2. The summed E-state index contributed by atoms with van der Waals surface area (Å²) >= 11 is 0. The largest absolute Gasteiger partial charge is 0.381 e. The van der Waals surface area contributed by atoms with Crippen molar-refractivity contribution in [2.24, 2.45) is 5.41 Å². The molecule has 0 aromatic rings. The van der Waals surface area contributed by atoms with E-state index in [9.17, 15) is 0 Å². The van der Waals surface area contributed by atoms with E-state index in [1.165, 1.54) is 154 Å². The molecule has 0 aliphatic rings. The van der Waals surface area contributed by atoms with Crippen LogP contribution in [-0.4, -0.2) is 52.9 Å². The lowest BCUT2D eigenvalue weighted by molar-refractivity contribution is -0.104. The predicted molar refractivity (Wildman–Crippen MR) is 198 cm³/mol. The molecule has 0 amide bonds. The van der Waals surface area contributed by atoms with Gasteiger partial charge in [-0.05, 0) is 19.3 Å². The van der Waals surface area contributed by atoms with E-state index >= 15 is 0 Å². The van der Waals surface area contributed by atoms with E-state index in [4.69, 9.17) is 18.9 Å². The molecule has 0 saturated heterocycles. The molecular weight excluding hydrogens is 556 g/mol. The highest BCUT2D eigenvalue weighted by atomic mass is 16.5. The second kappa shape index (κ2) is 38.0. The van der Waals surface area contributed by atoms with E-state index in [1.54, 1.807) is 0 Å². The summed E-state index contributed by atoms with van der Waals surface area (Å²) < 4.78 is 25.0. The minimum Gasteiger partial charge on any atom is -0.381 e. The van der Waals surface area contributed by atoms with Crippen LogP contribution in [0.2, 0.25) is 0 Å². The van der Waals surface area contributed by atoms with Crippen LogP contribution in [0.3, 0.4) is 0 Å². The van der Waals surface area contributed by atoms with Crippen LogP contribution in [0.15, 0.2) is 12.7 Å². The van der Waals surface area contributed by atoms with E-state index in [1.807, 2.05) is 6.08 Å². The molecule has 0 unspecified atom stereocenters. The first-order valence-electron chi connectivity index (χ1n) is 20.2. The monoisotopic (exact) mass is 639 g/mol. The fraction of sp³-hybridized carbons (Fsp3) is 0.951. The van der Waals surface area contributed by atoms with Crippen LogP contribution in [0.4, 0.5) is 0 Å². The standard InChI is InChI=1S/C41H82O4/c1-5-9-12-15-18-21-24-27-30-34-43-38-41(37-42-33-8-4,39-44-35-31-28-25-22-19-16-13-10-6-2)40-45-36-32-29-26-23-20-17-14-11-7-3/h8H,4-7,9-40H2,1-3H3. The third-order valence-electron chi connectivity index (χ3n) is 9.05. The lowest BCUT2D eigenvalue weighted by atomic mass is 9.92. The summed E-state index contributed by atoms with van der Waals surface area (Å²) in [6.07, 6.45) is 37.8. The summed E-state index contributed by atoms with van der Waals surface area (Å²) in [5.74, 6) is 0. The zero-order chi connectivity index (χ0) is 32.8. The van der Waals surface area contributed by atoms with Crippen LogP contribution in [0.5, 0.6) is 0 Å². The number of hydrogen-bond acceptors (Lipinski definition) is 4. The third-order valence-corrected chi connectivity index (χ3v) is 9.05. The van der Waals surface area contributed by atoms with Gasteiger partial charge in [0, 0.05) is 19.8 Å². The Morgan fingerprint density at radius 2 is 0.600 bits per heavy atom. The van der Waals surface area contributed by atoms with Crippen molar-refractivity contribution in [3.8, 4) is 0 Å². The van der Waals surface area contributed by atoms with Gasteiger partial charge in [0.1, 0.15) is 0 Å². The van der Waals surface area contributed by atoms with Gasteiger partial charge in [0.15, 0.2) is 0 Å². The maximum absolute atomic E-state index is 6.32. The quantitative estimate of drug-likeness (QED) is 0.0494. The highest BCUT2D eigenvalue weighted by molar-refractivity contribution is 4.80. The van der Waals surface area contributed by atoms with E-state index in [0.29, 0.717) is 33.0 Å². The Kier molecular flexibility index (Phi) is 37.7. The summed E-state index contributed by atoms with van der Waals surface area (Å²) in [4.78, 5) is 0. The van der Waals surface area contributed by atoms with Crippen molar-refractivity contribution in [3.05, 3.63) is 12.7 Å². The molecule has 0 rings (SSSR count). The Bertz CT molecular complexity index is 487. The molecule has 4 nitrogen and oxygen atoms in total. The molecule has 0 N–H and O–H groups in total. The van der Waals surface area contributed by atoms with E-state index < -0.39 is 0 Å². The second-order valence-electron chi connectivity index (χ2n) is 13.9. The summed E-state index contributed by atoms with van der Waals surface area (Å²) in [6, 6.07) is 0. The normalized spacial score (nSPS) is 11.9. The Morgan fingerprint density at radius 3 is 0.867 bits per heavy atom. The molecule has 45 heavy (non-hydrogen) atoms. The fourth-order valence-corrected chi connectivity index (χ4v) is 6.02. The minimum atomic E-state index is -0.263. The molecule has 0 aliphatic carbocycles. The van der Waals surface area contributed by atoms with Gasteiger partial charge >= 0.3 is 0 Å². The van der Waals surface area contributed by atoms with Gasteiger partial charge in [-0.1, -0.05) is 181 Å². The van der Waals surface area contributed by atoms with E-state index in [2.05, 4.69) is 27.4 Å². The number of unbranched alkanes of at least 4 members (excludes halogenated alkanes) is 24. The average molecular weight is 639 g/mol. The summed E-state index contributed by atoms with van der Waals surface area (Å²) in [5.41, 5.74) is -0.263. The van der Waals surface area contributed by atoms with Gasteiger partial charge in [-0.25, -0.2) is 0 Å². The number of hydrogen-bond donors (Lipinski definition) is 0. The molecule has 0 radical (unpaired) electrons. The molecule has 0 bridgehead atoms. The molecule has 0 heterocycles. The Morgan fingerprint density at radius 1 is 0.356 bits per heavy atom. The fourth-order valence-electron chi connectivity index (χ4n) is 6.02. The van der Waals surface area contributed by atoms with Crippen molar-refractivity contribution in [2.45, 2.75) is 194 Å². The van der Waals surface area contributed by atoms with Crippen LogP contribution in [0, 0.1) is 5.41 Å². The summed E-state index contributed by atoms with van der Waals surface area (Å²) in [7, 11) is 0. The number of rotatable bonds is 40. The molecule has 4 heteroatoms. The zero-order valence-corrected chi connectivity index (χ0v) is 31.2. The smallest absolute Gasteiger partial charge is 0.0645 e. The highest BCUT2D eigenvalue weighted by Gasteiger charge is 2.32. The molecule has 0 aromatic carbocycles. The van der Waals surface area contributed by atoms with Gasteiger partial charge in [0.25, 0.3) is 0 Å². The van der Waals surface area contributed by atoms with Crippen molar-refractivity contribution >= 4 is 0 Å². The first kappa shape index (κ1) is 44.6. The van der Waals surface area contributed by atoms with Crippen LogP contribution in [0.25, 0.3) is 0 Å². The van der Waals surface area contributed by atoms with Gasteiger partial charge in [-0.2, -0.15) is 0 Å². The molecule has 0 aromatic heterocycles. The van der Waals surface area contributed by atoms with Crippen LogP contribution < -0.4 is 0 Å². The van der Waals surface area contributed by atoms with Crippen molar-refractivity contribution < 1.29 is 18.9 Å². The topological polar surface area (TPSA) is 36.9 Å². The highest BCUT2D eigenvalue weighted by Crippen LogP contribution is 2.22. The molecular formula is C41H82O4.